The standard InChI is InChI=1S/C23H28N4O4/c1-12-8-9-24-23(25-12)26-20-13(2)21(15-6-7-15)27(14(3)28)18-11-19(30-4)17(10-16(18)20)22(29)31-5/h8-11,13,15,20-21H,6-7H2,1-5H3,(H,24,25,26). The van der Waals surface area contributed by atoms with Crippen molar-refractivity contribution in [3.63, 3.8) is 0 Å². The normalized spacial score (nSPS) is 22.5. The van der Waals surface area contributed by atoms with E-state index in [4.69, 9.17) is 9.47 Å². The van der Waals surface area contributed by atoms with E-state index in [0.717, 1.165) is 29.8 Å². The smallest absolute Gasteiger partial charge is 0.341 e. The quantitative estimate of drug-likeness (QED) is 0.734. The van der Waals surface area contributed by atoms with Crippen molar-refractivity contribution in [3.05, 3.63) is 41.2 Å². The number of carbonyl (C=O) groups excluding carboxylic acids is 2. The van der Waals surface area contributed by atoms with E-state index in [1.807, 2.05) is 17.9 Å². The number of amides is 1. The predicted molar refractivity (Wildman–Crippen MR) is 116 cm³/mol. The molecule has 0 spiro atoms. The Bertz CT molecular complexity index is 1020. The summed E-state index contributed by atoms with van der Waals surface area (Å²) in [4.78, 5) is 36.0. The maximum atomic E-state index is 12.8. The minimum atomic E-state index is -0.489. The van der Waals surface area contributed by atoms with Gasteiger partial charge in [-0.1, -0.05) is 6.92 Å². The molecule has 1 amide bonds. The van der Waals surface area contributed by atoms with Crippen LogP contribution in [0.5, 0.6) is 5.75 Å². The molecule has 4 rings (SSSR count). The van der Waals surface area contributed by atoms with Gasteiger partial charge in [0, 0.05) is 36.8 Å². The Morgan fingerprint density at radius 1 is 1.23 bits per heavy atom. The number of benzene rings is 1. The SMILES string of the molecule is COC(=O)c1cc2c(cc1OC)N(C(C)=O)C(C1CC1)C(C)C2Nc1nccc(C)n1. The molecule has 1 saturated carbocycles. The third-order valence-corrected chi connectivity index (χ3v) is 6.23. The average molecular weight is 425 g/mol. The highest BCUT2D eigenvalue weighted by Gasteiger charge is 2.48. The molecule has 2 aromatic rings. The van der Waals surface area contributed by atoms with Crippen molar-refractivity contribution in [2.24, 2.45) is 11.8 Å². The summed E-state index contributed by atoms with van der Waals surface area (Å²) < 4.78 is 10.5. The van der Waals surface area contributed by atoms with Gasteiger partial charge >= 0.3 is 5.97 Å². The summed E-state index contributed by atoms with van der Waals surface area (Å²) in [5.41, 5.74) is 2.75. The molecule has 0 bridgehead atoms. The van der Waals surface area contributed by atoms with Crippen molar-refractivity contribution in [3.8, 4) is 5.75 Å². The maximum Gasteiger partial charge on any atom is 0.341 e. The van der Waals surface area contributed by atoms with E-state index < -0.39 is 5.97 Å². The number of carbonyl (C=O) groups is 2. The Morgan fingerprint density at radius 3 is 2.55 bits per heavy atom. The number of methoxy groups -OCH3 is 2. The highest BCUT2D eigenvalue weighted by molar-refractivity contribution is 5.98. The van der Waals surface area contributed by atoms with Gasteiger partial charge < -0.3 is 19.7 Å². The number of anilines is 2. The summed E-state index contributed by atoms with van der Waals surface area (Å²) in [5, 5.41) is 3.47. The lowest BCUT2D eigenvalue weighted by atomic mass is 9.79. The summed E-state index contributed by atoms with van der Waals surface area (Å²) in [6.07, 6.45) is 3.91. The van der Waals surface area contributed by atoms with E-state index in [-0.39, 0.29) is 23.9 Å². The lowest BCUT2D eigenvalue weighted by Gasteiger charge is -2.46. The Morgan fingerprint density at radius 2 is 1.97 bits per heavy atom. The second-order valence-corrected chi connectivity index (χ2v) is 8.32. The van der Waals surface area contributed by atoms with Crippen molar-refractivity contribution in [2.75, 3.05) is 24.4 Å². The Kier molecular flexibility index (Phi) is 5.56. The van der Waals surface area contributed by atoms with Crippen molar-refractivity contribution in [1.29, 1.82) is 0 Å². The fraction of sp³-hybridized carbons (Fsp3) is 0.478. The molecule has 1 aliphatic carbocycles. The van der Waals surface area contributed by atoms with Crippen LogP contribution in [0, 0.1) is 18.8 Å². The second kappa shape index (κ2) is 8.17. The van der Waals surface area contributed by atoms with Gasteiger partial charge in [0.25, 0.3) is 0 Å². The zero-order valence-electron chi connectivity index (χ0n) is 18.5. The first-order chi connectivity index (χ1) is 14.8. The highest BCUT2D eigenvalue weighted by atomic mass is 16.5. The van der Waals surface area contributed by atoms with E-state index in [0.29, 0.717) is 23.2 Å². The average Bonchev–Trinajstić information content (AvgIpc) is 3.58. The lowest BCUT2D eigenvalue weighted by molar-refractivity contribution is -0.117. The van der Waals surface area contributed by atoms with E-state index >= 15 is 0 Å². The topological polar surface area (TPSA) is 93.7 Å². The zero-order valence-corrected chi connectivity index (χ0v) is 18.5. The molecule has 8 nitrogen and oxygen atoms in total. The Hall–Kier alpha value is -3.16. The lowest BCUT2D eigenvalue weighted by Crippen LogP contribution is -2.51. The molecule has 0 radical (unpaired) electrons. The number of hydrogen-bond donors (Lipinski definition) is 1. The molecule has 3 unspecified atom stereocenters. The van der Waals surface area contributed by atoms with Crippen molar-refractivity contribution < 1.29 is 19.1 Å². The highest BCUT2D eigenvalue weighted by Crippen LogP contribution is 2.51. The number of nitrogens with one attached hydrogen (secondary N) is 1. The molecule has 1 fully saturated rings. The molecule has 1 aliphatic heterocycles. The summed E-state index contributed by atoms with van der Waals surface area (Å²) in [7, 11) is 2.84. The fourth-order valence-electron chi connectivity index (χ4n) is 4.68. The van der Waals surface area contributed by atoms with Crippen molar-refractivity contribution >= 4 is 23.5 Å². The first kappa shape index (κ1) is 21.1. The van der Waals surface area contributed by atoms with Crippen molar-refractivity contribution in [2.45, 2.75) is 45.7 Å². The van der Waals surface area contributed by atoms with Crippen LogP contribution in [0.1, 0.15) is 54.3 Å². The summed E-state index contributed by atoms with van der Waals surface area (Å²) in [6.45, 7) is 5.64. The van der Waals surface area contributed by atoms with Crippen LogP contribution in [0.4, 0.5) is 11.6 Å². The summed E-state index contributed by atoms with van der Waals surface area (Å²) >= 11 is 0. The van der Waals surface area contributed by atoms with Gasteiger partial charge in [-0.15, -0.1) is 0 Å². The minimum absolute atomic E-state index is 0.0249. The molecule has 8 heteroatoms. The van der Waals surface area contributed by atoms with Crippen LogP contribution < -0.4 is 15.0 Å². The third kappa shape index (κ3) is 3.82. The first-order valence-corrected chi connectivity index (χ1v) is 10.5. The second-order valence-electron chi connectivity index (χ2n) is 8.32. The number of nitrogens with zero attached hydrogens (tertiary/aromatic N) is 3. The minimum Gasteiger partial charge on any atom is -0.496 e. The van der Waals surface area contributed by atoms with Gasteiger partial charge in [0.2, 0.25) is 11.9 Å². The molecule has 0 saturated heterocycles. The molecule has 1 N–H and O–H groups in total. The van der Waals surface area contributed by atoms with Gasteiger partial charge in [-0.25, -0.2) is 14.8 Å². The van der Waals surface area contributed by atoms with Crippen molar-refractivity contribution in [1.82, 2.24) is 9.97 Å². The van der Waals surface area contributed by atoms with Crippen LogP contribution in [0.3, 0.4) is 0 Å². The van der Waals surface area contributed by atoms with Crippen LogP contribution in [0.2, 0.25) is 0 Å². The van der Waals surface area contributed by atoms with Crippen LogP contribution in [0.25, 0.3) is 0 Å². The van der Waals surface area contributed by atoms with Gasteiger partial charge in [0.05, 0.1) is 25.9 Å². The van der Waals surface area contributed by atoms with Gasteiger partial charge in [-0.05, 0) is 43.4 Å². The number of rotatable bonds is 5. The summed E-state index contributed by atoms with van der Waals surface area (Å²) in [6, 6.07) is 5.24. The molecule has 1 aromatic heterocycles. The third-order valence-electron chi connectivity index (χ3n) is 6.23. The van der Waals surface area contributed by atoms with Crippen LogP contribution in [-0.2, 0) is 9.53 Å². The van der Waals surface area contributed by atoms with Crippen LogP contribution in [-0.4, -0.2) is 42.1 Å². The number of hydrogen-bond acceptors (Lipinski definition) is 7. The van der Waals surface area contributed by atoms with E-state index in [1.165, 1.54) is 14.2 Å². The monoisotopic (exact) mass is 424 g/mol. The van der Waals surface area contributed by atoms with Gasteiger partial charge in [-0.3, -0.25) is 4.79 Å². The number of ether oxygens (including phenoxy) is 2. The van der Waals surface area contributed by atoms with E-state index in [9.17, 15) is 9.59 Å². The molecule has 31 heavy (non-hydrogen) atoms. The maximum absolute atomic E-state index is 12.8. The number of fused-ring (bicyclic) bond motifs is 1. The number of aromatic nitrogens is 2. The summed E-state index contributed by atoms with van der Waals surface area (Å²) in [5.74, 6) is 0.906. The molecular weight excluding hydrogens is 396 g/mol. The van der Waals surface area contributed by atoms with Gasteiger partial charge in [0.15, 0.2) is 0 Å². The predicted octanol–water partition coefficient (Wildman–Crippen LogP) is 3.51. The first-order valence-electron chi connectivity index (χ1n) is 10.5. The Labute approximate surface area is 182 Å². The van der Waals surface area contributed by atoms with E-state index in [2.05, 4.69) is 22.2 Å². The van der Waals surface area contributed by atoms with Gasteiger partial charge in [-0.2, -0.15) is 0 Å². The number of aryl methyl sites for hydroxylation is 1. The molecule has 1 aromatic carbocycles. The number of esters is 1. The van der Waals surface area contributed by atoms with Crippen LogP contribution in [0.15, 0.2) is 24.4 Å². The van der Waals surface area contributed by atoms with Gasteiger partial charge in [0.1, 0.15) is 11.3 Å². The molecule has 2 heterocycles. The van der Waals surface area contributed by atoms with Crippen LogP contribution >= 0.6 is 0 Å². The van der Waals surface area contributed by atoms with E-state index in [1.54, 1.807) is 25.3 Å². The molecule has 3 atom stereocenters. The largest absolute Gasteiger partial charge is 0.496 e. The fourth-order valence-corrected chi connectivity index (χ4v) is 4.68. The Balaban J connectivity index is 1.89. The molecular formula is C23H28N4O4. The zero-order chi connectivity index (χ0) is 22.3. The molecule has 2 aliphatic rings. The molecule has 164 valence electrons.